The molecule has 2 heterocycles. The third-order valence-corrected chi connectivity index (χ3v) is 9.75. The lowest BCUT2D eigenvalue weighted by molar-refractivity contribution is -0.234. The van der Waals surface area contributed by atoms with Crippen molar-refractivity contribution in [2.75, 3.05) is 20.7 Å². The molecular weight excluding hydrogens is 502 g/mol. The van der Waals surface area contributed by atoms with Gasteiger partial charge in [0.15, 0.2) is 0 Å². The number of carbonyl (C=O) groups is 1. The van der Waals surface area contributed by atoms with Crippen LogP contribution in [0.1, 0.15) is 88.0 Å². The van der Waals surface area contributed by atoms with E-state index in [4.69, 9.17) is 14.2 Å². The largest absolute Gasteiger partial charge is 0.459 e. The molecule has 230 valence electrons. The van der Waals surface area contributed by atoms with Crippen LogP contribution in [0.3, 0.4) is 0 Å². The normalized spacial score (nSPS) is 50.1. The molecule has 9 nitrogen and oxygen atoms in total. The lowest BCUT2D eigenvalue weighted by Gasteiger charge is -2.49. The van der Waals surface area contributed by atoms with E-state index >= 15 is 0 Å². The van der Waals surface area contributed by atoms with Crippen LogP contribution in [-0.4, -0.2) is 105 Å². The van der Waals surface area contributed by atoms with E-state index in [1.165, 1.54) is 6.92 Å². The molecule has 2 saturated heterocycles. The molecule has 0 aliphatic carbocycles. The smallest absolute Gasteiger partial charge is 0.309 e. The molecular formula is C30H57NO8. The predicted octanol–water partition coefficient (Wildman–Crippen LogP) is 2.75. The predicted molar refractivity (Wildman–Crippen MR) is 150 cm³/mol. The quantitative estimate of drug-likeness (QED) is 0.386. The summed E-state index contributed by atoms with van der Waals surface area (Å²) in [4.78, 5) is 15.7. The Morgan fingerprint density at radius 1 is 1.00 bits per heavy atom. The molecule has 39 heavy (non-hydrogen) atoms. The molecule has 0 spiro atoms. The number of aliphatic hydroxyl groups excluding tert-OH is 2. The number of hydrogen-bond donors (Lipinski definition) is 4. The van der Waals surface area contributed by atoms with E-state index in [1.807, 2.05) is 46.6 Å². The summed E-state index contributed by atoms with van der Waals surface area (Å²) < 4.78 is 18.0. The van der Waals surface area contributed by atoms with Gasteiger partial charge in [0.25, 0.3) is 0 Å². The highest BCUT2D eigenvalue weighted by Gasteiger charge is 2.51. The number of hydrogen-bond acceptors (Lipinski definition) is 9. The average molecular weight is 560 g/mol. The molecule has 13 atom stereocenters. The third-order valence-electron chi connectivity index (χ3n) is 9.75. The number of likely N-dealkylation sites (N-methyl/N-ethyl adjacent to an activating group) is 1. The van der Waals surface area contributed by atoms with Gasteiger partial charge in [-0.2, -0.15) is 0 Å². The molecule has 9 heteroatoms. The molecule has 2 rings (SSSR count). The summed E-state index contributed by atoms with van der Waals surface area (Å²) in [7, 11) is 3.46. The summed E-state index contributed by atoms with van der Waals surface area (Å²) >= 11 is 0. The van der Waals surface area contributed by atoms with Crippen LogP contribution in [0, 0.1) is 23.7 Å². The SMILES string of the molecule is CC[C@H]1OC(=O)[C@H](C)C([C@H]2C[C@@](C)(OC)[C@@H](O)[C@H](C)O2)[C@H](C)C[C@](C)(O)C[C@@H](C)CN(C)[C@H](C)[C@@H](O)[C@]1(C)O. The first kappa shape index (κ1) is 34.4. The van der Waals surface area contributed by atoms with Crippen LogP contribution in [0.15, 0.2) is 0 Å². The van der Waals surface area contributed by atoms with Gasteiger partial charge < -0.3 is 39.5 Å². The Bertz CT molecular complexity index is 806. The summed E-state index contributed by atoms with van der Waals surface area (Å²) in [6.07, 6.45) is -2.21. The second kappa shape index (κ2) is 13.0. The van der Waals surface area contributed by atoms with E-state index in [9.17, 15) is 25.2 Å². The van der Waals surface area contributed by atoms with Crippen molar-refractivity contribution in [1.82, 2.24) is 4.90 Å². The Balaban J connectivity index is 2.55. The second-order valence-electron chi connectivity index (χ2n) is 13.6. The van der Waals surface area contributed by atoms with E-state index in [2.05, 4.69) is 6.92 Å². The van der Waals surface area contributed by atoms with Gasteiger partial charge >= 0.3 is 5.97 Å². The van der Waals surface area contributed by atoms with Crippen LogP contribution < -0.4 is 0 Å². The van der Waals surface area contributed by atoms with Crippen molar-refractivity contribution in [3.63, 3.8) is 0 Å². The van der Waals surface area contributed by atoms with E-state index < -0.39 is 65.3 Å². The number of methoxy groups -OCH3 is 1. The lowest BCUT2D eigenvalue weighted by Crippen LogP contribution is -2.59. The Hall–Kier alpha value is -0.810. The lowest BCUT2D eigenvalue weighted by atomic mass is 9.70. The Kier molecular flexibility index (Phi) is 11.5. The van der Waals surface area contributed by atoms with Gasteiger partial charge in [0.05, 0.1) is 29.3 Å². The number of aliphatic hydroxyl groups is 4. The van der Waals surface area contributed by atoms with Gasteiger partial charge in [-0.25, -0.2) is 0 Å². The van der Waals surface area contributed by atoms with Gasteiger partial charge in [0.1, 0.15) is 23.9 Å². The topological polar surface area (TPSA) is 129 Å². The number of esters is 1. The van der Waals surface area contributed by atoms with E-state index in [-0.39, 0.29) is 17.8 Å². The zero-order chi connectivity index (χ0) is 30.1. The zero-order valence-corrected chi connectivity index (χ0v) is 26.2. The van der Waals surface area contributed by atoms with Crippen LogP contribution >= 0.6 is 0 Å². The first-order chi connectivity index (χ1) is 17.8. The molecule has 2 fully saturated rings. The van der Waals surface area contributed by atoms with Crippen LogP contribution in [0.4, 0.5) is 0 Å². The summed E-state index contributed by atoms with van der Waals surface area (Å²) in [5.41, 5.74) is -3.55. The van der Waals surface area contributed by atoms with E-state index in [0.717, 1.165) is 0 Å². The van der Waals surface area contributed by atoms with Crippen LogP contribution in [0.5, 0.6) is 0 Å². The van der Waals surface area contributed by atoms with Gasteiger partial charge in [0, 0.05) is 32.0 Å². The zero-order valence-electron chi connectivity index (χ0n) is 26.2. The van der Waals surface area contributed by atoms with Crippen LogP contribution in [0.25, 0.3) is 0 Å². The molecule has 0 bridgehead atoms. The molecule has 0 radical (unpaired) electrons. The number of ether oxygens (including phenoxy) is 3. The minimum absolute atomic E-state index is 0.107. The highest BCUT2D eigenvalue weighted by Crippen LogP contribution is 2.43. The monoisotopic (exact) mass is 559 g/mol. The number of cyclic esters (lactones) is 1. The fraction of sp³-hybridized carbons (Fsp3) is 0.967. The molecule has 2 aliphatic rings. The standard InChI is InChI=1S/C30H57NO8/c1-12-23-30(9,36)25(32)20(5)31(10)16-17(2)13-28(7,35)14-18(3)24(19(4)27(34)39-23)22-15-29(8,37-11)26(33)21(6)38-22/h17-26,32-33,35-36H,12-16H2,1-11H3/t17-,18-,19-,20-,21+,22-,23-,24?,25-,26+,28-,29-,30-/m1/s1. The van der Waals surface area contributed by atoms with Gasteiger partial charge in [-0.1, -0.05) is 27.7 Å². The van der Waals surface area contributed by atoms with Crippen molar-refractivity contribution in [1.29, 1.82) is 0 Å². The molecule has 0 aromatic carbocycles. The maximum Gasteiger partial charge on any atom is 0.309 e. The molecule has 1 unspecified atom stereocenters. The number of rotatable bonds is 3. The Morgan fingerprint density at radius 3 is 2.13 bits per heavy atom. The van der Waals surface area contributed by atoms with Crippen molar-refractivity contribution in [3.05, 3.63) is 0 Å². The van der Waals surface area contributed by atoms with Gasteiger partial charge in [-0.05, 0) is 72.8 Å². The first-order valence-corrected chi connectivity index (χ1v) is 14.7. The molecule has 0 aromatic heterocycles. The molecule has 0 aromatic rings. The van der Waals surface area contributed by atoms with Crippen molar-refractivity contribution in [2.24, 2.45) is 23.7 Å². The highest BCUT2D eigenvalue weighted by molar-refractivity contribution is 5.73. The highest BCUT2D eigenvalue weighted by atomic mass is 16.6. The maximum absolute atomic E-state index is 13.7. The van der Waals surface area contributed by atoms with Crippen molar-refractivity contribution in [3.8, 4) is 0 Å². The van der Waals surface area contributed by atoms with Gasteiger partial charge in [-0.15, -0.1) is 0 Å². The average Bonchev–Trinajstić information content (AvgIpc) is 2.82. The van der Waals surface area contributed by atoms with E-state index in [1.54, 1.807) is 21.0 Å². The summed E-state index contributed by atoms with van der Waals surface area (Å²) in [6, 6.07) is -0.412. The maximum atomic E-state index is 13.7. The van der Waals surface area contributed by atoms with E-state index in [0.29, 0.717) is 32.2 Å². The summed E-state index contributed by atoms with van der Waals surface area (Å²) in [6.45, 7) is 17.2. The molecule has 0 amide bonds. The number of carbonyl (C=O) groups excluding carboxylic acids is 1. The van der Waals surface area contributed by atoms with Crippen molar-refractivity contribution >= 4 is 5.97 Å². The van der Waals surface area contributed by atoms with Gasteiger partial charge in [0.2, 0.25) is 0 Å². The summed E-state index contributed by atoms with van der Waals surface area (Å²) in [5.74, 6) is -1.53. The fourth-order valence-electron chi connectivity index (χ4n) is 7.35. The third kappa shape index (κ3) is 7.73. The van der Waals surface area contributed by atoms with Gasteiger partial charge in [-0.3, -0.25) is 4.79 Å². The van der Waals surface area contributed by atoms with Crippen LogP contribution in [-0.2, 0) is 19.0 Å². The molecule has 4 N–H and O–H groups in total. The molecule has 2 aliphatic heterocycles. The number of nitrogens with zero attached hydrogens (tertiary/aromatic N) is 1. The Labute approximate surface area is 236 Å². The van der Waals surface area contributed by atoms with Crippen molar-refractivity contribution in [2.45, 2.75) is 141 Å². The molecule has 0 saturated carbocycles. The second-order valence-corrected chi connectivity index (χ2v) is 13.6. The Morgan fingerprint density at radius 2 is 1.59 bits per heavy atom. The summed E-state index contributed by atoms with van der Waals surface area (Å²) in [5, 5.41) is 45.0. The minimum Gasteiger partial charge on any atom is -0.459 e. The minimum atomic E-state index is -1.68. The first-order valence-electron chi connectivity index (χ1n) is 14.7. The van der Waals surface area contributed by atoms with Crippen LogP contribution in [0.2, 0.25) is 0 Å². The van der Waals surface area contributed by atoms with Crippen molar-refractivity contribution < 1.29 is 39.4 Å². The fourth-order valence-corrected chi connectivity index (χ4v) is 7.35.